The van der Waals surface area contributed by atoms with Crippen LogP contribution < -0.4 is 0 Å². The first-order valence-electron chi connectivity index (χ1n) is 1.96. The van der Waals surface area contributed by atoms with Gasteiger partial charge in [-0.25, -0.2) is 0 Å². The molecule has 0 unspecified atom stereocenters. The molecule has 0 heterocycles. The minimum Gasteiger partial charge on any atom is -0.170 e. The average molecular weight is 129 g/mol. The highest BCUT2D eigenvalue weighted by Crippen LogP contribution is 2.59. The number of hydrogen-bond acceptors (Lipinski definition) is 1. The summed E-state index contributed by atoms with van der Waals surface area (Å²) in [6.07, 6.45) is 0. The summed E-state index contributed by atoms with van der Waals surface area (Å²) in [5, 5.41) is 0. The second kappa shape index (κ2) is 2.53. The van der Waals surface area contributed by atoms with Crippen LogP contribution in [0.3, 0.4) is 0 Å². The minimum atomic E-state index is -3.92. The van der Waals surface area contributed by atoms with Crippen LogP contribution in [0.25, 0.3) is 0 Å². The Hall–Kier alpha value is 0.250. The summed E-state index contributed by atoms with van der Waals surface area (Å²) in [4.78, 5) is 0. The number of hydrogen-bond donors (Lipinski definition) is 0. The smallest absolute Gasteiger partial charge is 0.170 e. The van der Waals surface area contributed by atoms with Gasteiger partial charge in [-0.1, -0.05) is 0 Å². The largest absolute Gasteiger partial charge is 0.517 e. The molecule has 0 bridgehead atoms. The second-order valence-electron chi connectivity index (χ2n) is 1.14. The highest BCUT2D eigenvalue weighted by atomic mass is 31.3. The van der Waals surface area contributed by atoms with E-state index >= 15 is 0 Å². The molecule has 0 fully saturated rings. The predicted octanol–water partition coefficient (Wildman–Crippen LogP) is 2.35. The molecule has 1 nitrogen and oxygen atoms in total. The third kappa shape index (κ3) is 6.25. The minimum absolute atomic E-state index is 0.108. The predicted molar refractivity (Wildman–Crippen MR) is 26.7 cm³/mol. The van der Waals surface area contributed by atoms with Gasteiger partial charge in [-0.15, -0.1) is 0 Å². The molecule has 0 aromatic rings. The Morgan fingerprint density at radius 1 is 1.57 bits per heavy atom. The molecule has 0 aliphatic carbocycles. The Kier molecular flexibility index (Phi) is 2.62. The van der Waals surface area contributed by atoms with Crippen LogP contribution in [0, 0.1) is 0 Å². The van der Waals surface area contributed by atoms with Crippen molar-refractivity contribution < 1.29 is 12.9 Å². The van der Waals surface area contributed by atoms with Gasteiger partial charge in [0.2, 0.25) is 0 Å². The average Bonchev–Trinajstić information content (AvgIpc) is 1.30. The van der Waals surface area contributed by atoms with Gasteiger partial charge < -0.3 is 0 Å². The first kappa shape index (κ1) is 7.25. The fourth-order valence-electron chi connectivity index (χ4n) is 0.227. The Morgan fingerprint density at radius 2 is 2.00 bits per heavy atom. The van der Waals surface area contributed by atoms with Gasteiger partial charge in [-0.2, -0.15) is 4.52 Å². The summed E-state index contributed by atoms with van der Waals surface area (Å²) in [6.45, 7) is 2.49. The molecule has 44 valence electrons. The topological polar surface area (TPSA) is 9.23 Å². The molecule has 0 aromatic heterocycles. The van der Waals surface area contributed by atoms with Crippen LogP contribution in [-0.4, -0.2) is 13.3 Å². The molecule has 0 saturated carbocycles. The van der Waals surface area contributed by atoms with Crippen molar-refractivity contribution in [3.05, 3.63) is 0 Å². The molecule has 0 N–H and O–H groups in total. The Labute approximate surface area is 42.3 Å². The molecule has 4 heteroatoms. The Bertz CT molecular complexity index is 51.4. The molecule has 0 atom stereocenters. The van der Waals surface area contributed by atoms with Crippen molar-refractivity contribution in [2.24, 2.45) is 0 Å². The zero-order valence-electron chi connectivity index (χ0n) is 4.32. The zero-order valence-corrected chi connectivity index (χ0v) is 5.21. The summed E-state index contributed by atoms with van der Waals surface area (Å²) >= 11 is 0. The van der Waals surface area contributed by atoms with Crippen LogP contribution in [0.4, 0.5) is 8.39 Å². The third-order valence-electron chi connectivity index (χ3n) is 0.356. The van der Waals surface area contributed by atoms with Crippen LogP contribution in [0.15, 0.2) is 0 Å². The summed E-state index contributed by atoms with van der Waals surface area (Å²) in [5.41, 5.74) is 0. The van der Waals surface area contributed by atoms with Gasteiger partial charge in [0.15, 0.2) is 0 Å². The van der Waals surface area contributed by atoms with Crippen LogP contribution in [0.1, 0.15) is 6.92 Å². The van der Waals surface area contributed by atoms with Crippen molar-refractivity contribution in [3.63, 3.8) is 0 Å². The Balaban J connectivity index is 3.15. The van der Waals surface area contributed by atoms with E-state index in [2.05, 4.69) is 4.52 Å². The summed E-state index contributed by atoms with van der Waals surface area (Å²) in [5.74, 6) is 0. The summed E-state index contributed by atoms with van der Waals surface area (Å²) < 4.78 is 27.2. The van der Waals surface area contributed by atoms with E-state index in [4.69, 9.17) is 0 Å². The quantitative estimate of drug-likeness (QED) is 0.520. The first-order chi connectivity index (χ1) is 3.06. The Morgan fingerprint density at radius 3 is 2.00 bits per heavy atom. The molecule has 0 spiro atoms. The normalized spacial score (nSPS) is 12.0. The summed E-state index contributed by atoms with van der Waals surface area (Å²) in [6, 6.07) is 0. The highest BCUT2D eigenvalue weighted by Gasteiger charge is 2.34. The molecule has 7 heavy (non-hydrogen) atoms. The van der Waals surface area contributed by atoms with E-state index in [-0.39, 0.29) is 6.61 Å². The lowest BCUT2D eigenvalue weighted by Crippen LogP contribution is -1.82. The van der Waals surface area contributed by atoms with Crippen LogP contribution in [-0.2, 0) is 4.52 Å². The third-order valence-corrected chi connectivity index (χ3v) is 1.07. The fourth-order valence-corrected chi connectivity index (χ4v) is 0.680. The molecule has 0 aliphatic heterocycles. The fraction of sp³-hybridized carbons (Fsp3) is 1.00. The van der Waals surface area contributed by atoms with Crippen LogP contribution in [0.2, 0.25) is 0 Å². The van der Waals surface area contributed by atoms with Crippen molar-refractivity contribution in [1.29, 1.82) is 0 Å². The standard InChI is InChI=1S/C3H8F2OP/c1-3-6-7(2,4)5/h3H2,1-2H3/q+1. The lowest BCUT2D eigenvalue weighted by atomic mass is 10.9. The lowest BCUT2D eigenvalue weighted by Gasteiger charge is -1.92. The van der Waals surface area contributed by atoms with E-state index in [1.807, 2.05) is 0 Å². The van der Waals surface area contributed by atoms with Gasteiger partial charge in [-0.3, -0.25) is 0 Å². The van der Waals surface area contributed by atoms with Gasteiger partial charge in [0.25, 0.3) is 0 Å². The van der Waals surface area contributed by atoms with Crippen molar-refractivity contribution in [2.75, 3.05) is 13.3 Å². The first-order valence-corrected chi connectivity index (χ1v) is 3.90. The molecule has 0 aliphatic rings. The zero-order chi connectivity index (χ0) is 5.91. The van der Waals surface area contributed by atoms with Crippen LogP contribution in [0.5, 0.6) is 0 Å². The van der Waals surface area contributed by atoms with Crippen molar-refractivity contribution in [3.8, 4) is 0 Å². The SMILES string of the molecule is CCO[P+](C)(F)F. The molecule has 0 aromatic carbocycles. The van der Waals surface area contributed by atoms with E-state index < -0.39 is 8.11 Å². The van der Waals surface area contributed by atoms with E-state index in [0.29, 0.717) is 0 Å². The maximum absolute atomic E-state index is 11.6. The molecule has 0 saturated heterocycles. The van der Waals surface area contributed by atoms with E-state index in [1.165, 1.54) is 0 Å². The lowest BCUT2D eigenvalue weighted by molar-refractivity contribution is 0.312. The van der Waals surface area contributed by atoms with Gasteiger partial charge in [0.1, 0.15) is 6.66 Å². The van der Waals surface area contributed by atoms with E-state index in [1.54, 1.807) is 6.92 Å². The van der Waals surface area contributed by atoms with Gasteiger partial charge in [-0.05, 0) is 6.92 Å². The molecule has 0 amide bonds. The van der Waals surface area contributed by atoms with Crippen molar-refractivity contribution in [2.45, 2.75) is 6.92 Å². The molecule has 0 rings (SSSR count). The van der Waals surface area contributed by atoms with Gasteiger partial charge >= 0.3 is 8.11 Å². The molecular formula is C3H8F2OP+. The highest BCUT2D eigenvalue weighted by molar-refractivity contribution is 7.59. The molecule has 0 radical (unpaired) electrons. The number of rotatable bonds is 2. The van der Waals surface area contributed by atoms with Crippen molar-refractivity contribution in [1.82, 2.24) is 0 Å². The maximum atomic E-state index is 11.6. The monoisotopic (exact) mass is 129 g/mol. The number of halogens is 2. The summed E-state index contributed by atoms with van der Waals surface area (Å²) in [7, 11) is -3.92. The van der Waals surface area contributed by atoms with Crippen molar-refractivity contribution >= 4 is 8.11 Å². The van der Waals surface area contributed by atoms with E-state index in [0.717, 1.165) is 6.66 Å². The van der Waals surface area contributed by atoms with Gasteiger partial charge in [0.05, 0.1) is 6.61 Å². The molecular weight excluding hydrogens is 121 g/mol. The second-order valence-corrected chi connectivity index (χ2v) is 2.84. The van der Waals surface area contributed by atoms with Gasteiger partial charge in [0, 0.05) is 8.39 Å². The maximum Gasteiger partial charge on any atom is 0.517 e. The van der Waals surface area contributed by atoms with Crippen LogP contribution >= 0.6 is 8.11 Å². The van der Waals surface area contributed by atoms with E-state index in [9.17, 15) is 8.39 Å².